The van der Waals surface area contributed by atoms with Crippen molar-refractivity contribution in [2.75, 3.05) is 24.7 Å². The number of benzene rings is 1. The summed E-state index contributed by atoms with van der Waals surface area (Å²) in [6.45, 7) is 1.16. The van der Waals surface area contributed by atoms with Gasteiger partial charge in [0, 0.05) is 13.2 Å². The van der Waals surface area contributed by atoms with Gasteiger partial charge >= 0.3 is 0 Å². The predicted octanol–water partition coefficient (Wildman–Crippen LogP) is 1.61. The number of carbonyl (C=O) groups excluding carboxylic acids is 2. The minimum atomic E-state index is -0.786. The van der Waals surface area contributed by atoms with Gasteiger partial charge in [-0.1, -0.05) is 6.07 Å². The molecule has 0 saturated carbocycles. The fraction of sp³-hybridized carbons (Fsp3) is 0.500. The third-order valence-corrected chi connectivity index (χ3v) is 4.26. The number of hydrogen-bond acceptors (Lipinski definition) is 3. The highest BCUT2D eigenvalue weighted by molar-refractivity contribution is 6.01. The molecule has 2 fully saturated rings. The van der Waals surface area contributed by atoms with Crippen LogP contribution in [0.15, 0.2) is 18.2 Å². The Balaban J connectivity index is 1.68. The summed E-state index contributed by atoms with van der Waals surface area (Å²) in [4.78, 5) is 25.6. The standard InChI is InChI=1S/C16H18F2N2O3/c17-11-4-1-5-12(18)14(11)20-7-6-13(16(20)22)19-15(21)10-3-2-8-23-9-10/h1,4-5,10,13H,2-3,6-9H2,(H,19,21). The molecule has 1 aromatic rings. The van der Waals surface area contributed by atoms with E-state index in [0.717, 1.165) is 29.9 Å². The second-order valence-corrected chi connectivity index (χ2v) is 5.82. The van der Waals surface area contributed by atoms with Crippen LogP contribution in [0, 0.1) is 17.6 Å². The van der Waals surface area contributed by atoms with Crippen LogP contribution in [0.25, 0.3) is 0 Å². The molecule has 2 amide bonds. The Labute approximate surface area is 132 Å². The Morgan fingerprint density at radius 1 is 1.26 bits per heavy atom. The smallest absolute Gasteiger partial charge is 0.249 e. The van der Waals surface area contributed by atoms with Gasteiger partial charge in [-0.05, 0) is 31.4 Å². The number of anilines is 1. The lowest BCUT2D eigenvalue weighted by Gasteiger charge is -2.23. The summed E-state index contributed by atoms with van der Waals surface area (Å²) in [5.74, 6) is -2.56. The van der Waals surface area contributed by atoms with Crippen molar-refractivity contribution in [1.82, 2.24) is 5.32 Å². The fourth-order valence-electron chi connectivity index (χ4n) is 3.02. The number of hydrogen-bond donors (Lipinski definition) is 1. The molecule has 2 atom stereocenters. The molecule has 0 radical (unpaired) electrons. The second kappa shape index (κ2) is 6.62. The maximum absolute atomic E-state index is 13.8. The van der Waals surface area contributed by atoms with E-state index in [4.69, 9.17) is 4.74 Å². The number of para-hydroxylation sites is 1. The van der Waals surface area contributed by atoms with Gasteiger partial charge in [-0.2, -0.15) is 0 Å². The monoisotopic (exact) mass is 324 g/mol. The van der Waals surface area contributed by atoms with Crippen molar-refractivity contribution in [3.8, 4) is 0 Å². The van der Waals surface area contributed by atoms with Crippen LogP contribution in [0.1, 0.15) is 19.3 Å². The van der Waals surface area contributed by atoms with E-state index in [9.17, 15) is 18.4 Å². The molecule has 23 heavy (non-hydrogen) atoms. The molecule has 1 aromatic carbocycles. The molecule has 0 aromatic heterocycles. The molecule has 2 aliphatic rings. The van der Waals surface area contributed by atoms with E-state index in [1.54, 1.807) is 0 Å². The zero-order chi connectivity index (χ0) is 16.4. The molecule has 0 spiro atoms. The maximum atomic E-state index is 13.8. The van der Waals surface area contributed by atoms with Crippen molar-refractivity contribution in [3.05, 3.63) is 29.8 Å². The van der Waals surface area contributed by atoms with Crippen molar-refractivity contribution in [2.45, 2.75) is 25.3 Å². The lowest BCUT2D eigenvalue weighted by Crippen LogP contribution is -2.45. The van der Waals surface area contributed by atoms with E-state index in [1.807, 2.05) is 0 Å². The largest absolute Gasteiger partial charge is 0.381 e. The zero-order valence-corrected chi connectivity index (χ0v) is 12.6. The Morgan fingerprint density at radius 3 is 2.65 bits per heavy atom. The van der Waals surface area contributed by atoms with Crippen LogP contribution in [0.3, 0.4) is 0 Å². The molecular formula is C16H18F2N2O3. The first-order valence-corrected chi connectivity index (χ1v) is 7.71. The highest BCUT2D eigenvalue weighted by Crippen LogP contribution is 2.27. The van der Waals surface area contributed by atoms with Crippen LogP contribution in [-0.4, -0.2) is 37.6 Å². The van der Waals surface area contributed by atoms with Crippen molar-refractivity contribution in [3.63, 3.8) is 0 Å². The minimum absolute atomic E-state index is 0.169. The summed E-state index contributed by atoms with van der Waals surface area (Å²) < 4.78 is 32.9. The van der Waals surface area contributed by atoms with E-state index in [1.165, 1.54) is 6.07 Å². The van der Waals surface area contributed by atoms with Crippen LogP contribution < -0.4 is 10.2 Å². The SMILES string of the molecule is O=C(NC1CCN(c2c(F)cccc2F)C1=O)C1CCCOC1. The lowest BCUT2D eigenvalue weighted by molar-refractivity contribution is -0.132. The topological polar surface area (TPSA) is 58.6 Å². The normalized spacial score (nSPS) is 24.8. The summed E-state index contributed by atoms with van der Waals surface area (Å²) in [5, 5.41) is 2.68. The van der Waals surface area contributed by atoms with Crippen molar-refractivity contribution in [1.29, 1.82) is 0 Å². The molecule has 2 saturated heterocycles. The molecular weight excluding hydrogens is 306 g/mol. The molecule has 0 aliphatic carbocycles. The molecule has 7 heteroatoms. The summed E-state index contributed by atoms with van der Waals surface area (Å²) in [6, 6.07) is 2.72. The van der Waals surface area contributed by atoms with E-state index in [-0.39, 0.29) is 24.1 Å². The molecule has 5 nitrogen and oxygen atoms in total. The predicted molar refractivity (Wildman–Crippen MR) is 78.8 cm³/mol. The van der Waals surface area contributed by atoms with Gasteiger partial charge in [-0.3, -0.25) is 9.59 Å². The third-order valence-electron chi connectivity index (χ3n) is 4.26. The Morgan fingerprint density at radius 2 is 2.00 bits per heavy atom. The molecule has 124 valence electrons. The number of amides is 2. The molecule has 2 unspecified atom stereocenters. The van der Waals surface area contributed by atoms with Crippen molar-refractivity contribution >= 4 is 17.5 Å². The van der Waals surface area contributed by atoms with E-state index in [0.29, 0.717) is 19.6 Å². The second-order valence-electron chi connectivity index (χ2n) is 5.82. The maximum Gasteiger partial charge on any atom is 0.249 e. The molecule has 3 rings (SSSR count). The first kappa shape index (κ1) is 15.9. The summed E-state index contributed by atoms with van der Waals surface area (Å²) >= 11 is 0. The van der Waals surface area contributed by atoms with Gasteiger partial charge in [0.1, 0.15) is 23.4 Å². The number of rotatable bonds is 3. The van der Waals surface area contributed by atoms with Gasteiger partial charge in [0.25, 0.3) is 0 Å². The summed E-state index contributed by atoms with van der Waals surface area (Å²) in [6.07, 6.45) is 1.85. The highest BCUT2D eigenvalue weighted by Gasteiger charge is 2.37. The minimum Gasteiger partial charge on any atom is -0.381 e. The number of nitrogens with zero attached hydrogens (tertiary/aromatic N) is 1. The number of halogens is 2. The van der Waals surface area contributed by atoms with E-state index >= 15 is 0 Å². The van der Waals surface area contributed by atoms with Crippen molar-refractivity contribution in [2.24, 2.45) is 5.92 Å². The molecule has 0 bridgehead atoms. The van der Waals surface area contributed by atoms with Gasteiger partial charge in [0.05, 0.1) is 12.5 Å². The van der Waals surface area contributed by atoms with Gasteiger partial charge in [-0.15, -0.1) is 0 Å². The van der Waals surface area contributed by atoms with Gasteiger partial charge in [0.15, 0.2) is 0 Å². The first-order valence-electron chi connectivity index (χ1n) is 7.71. The zero-order valence-electron chi connectivity index (χ0n) is 12.6. The number of nitrogens with one attached hydrogen (secondary N) is 1. The number of ether oxygens (including phenoxy) is 1. The molecule has 1 N–H and O–H groups in total. The van der Waals surface area contributed by atoms with E-state index in [2.05, 4.69) is 5.32 Å². The average molecular weight is 324 g/mol. The first-order chi connectivity index (χ1) is 11.1. The average Bonchev–Trinajstić information content (AvgIpc) is 2.89. The Bertz CT molecular complexity index is 597. The quantitative estimate of drug-likeness (QED) is 0.919. The third kappa shape index (κ3) is 3.19. The Hall–Kier alpha value is -2.02. The van der Waals surface area contributed by atoms with Crippen LogP contribution in [0.5, 0.6) is 0 Å². The molecule has 2 heterocycles. The van der Waals surface area contributed by atoms with Crippen LogP contribution in [0.4, 0.5) is 14.5 Å². The summed E-state index contributed by atoms with van der Waals surface area (Å²) in [5.41, 5.74) is -0.352. The number of carbonyl (C=O) groups is 2. The van der Waals surface area contributed by atoms with Crippen LogP contribution in [-0.2, 0) is 14.3 Å². The molecule has 2 aliphatic heterocycles. The van der Waals surface area contributed by atoms with Gasteiger partial charge in [0.2, 0.25) is 11.8 Å². The fourth-order valence-corrected chi connectivity index (χ4v) is 3.02. The van der Waals surface area contributed by atoms with E-state index < -0.39 is 23.6 Å². The summed E-state index contributed by atoms with van der Waals surface area (Å²) in [7, 11) is 0. The van der Waals surface area contributed by atoms with Crippen LogP contribution >= 0.6 is 0 Å². The Kier molecular flexibility index (Phi) is 4.56. The lowest BCUT2D eigenvalue weighted by atomic mass is 10.0. The van der Waals surface area contributed by atoms with Crippen molar-refractivity contribution < 1.29 is 23.1 Å². The highest BCUT2D eigenvalue weighted by atomic mass is 19.1. The van der Waals surface area contributed by atoms with Gasteiger partial charge < -0.3 is 15.0 Å². The van der Waals surface area contributed by atoms with Crippen LogP contribution in [0.2, 0.25) is 0 Å². The van der Waals surface area contributed by atoms with Gasteiger partial charge in [-0.25, -0.2) is 8.78 Å².